The van der Waals surface area contributed by atoms with Gasteiger partial charge in [0.1, 0.15) is 21.0 Å². The third-order valence-electron chi connectivity index (χ3n) is 4.61. The predicted octanol–water partition coefficient (Wildman–Crippen LogP) is 1.14. The maximum atomic E-state index is 11.3. The average molecular weight is 367 g/mol. The number of quaternary nitrogens is 1. The van der Waals surface area contributed by atoms with E-state index in [1.807, 2.05) is 0 Å². The maximum Gasteiger partial charge on any atom is 0.198 e. The molecule has 0 aromatic carbocycles. The van der Waals surface area contributed by atoms with Crippen molar-refractivity contribution in [3.8, 4) is 0 Å². The molecule has 0 amide bonds. The van der Waals surface area contributed by atoms with Crippen LogP contribution in [0.15, 0.2) is 0 Å². The Kier molecular flexibility index (Phi) is 14.5. The van der Waals surface area contributed by atoms with Crippen molar-refractivity contribution in [2.75, 3.05) is 39.1 Å². The van der Waals surface area contributed by atoms with Crippen LogP contribution < -0.4 is 9.79 Å². The summed E-state index contributed by atoms with van der Waals surface area (Å²) < 4.78 is 0.0430. The predicted molar refractivity (Wildman–Crippen MR) is 94.9 cm³/mol. The van der Waals surface area contributed by atoms with Crippen LogP contribution in [0.25, 0.3) is 0 Å². The van der Waals surface area contributed by atoms with E-state index in [2.05, 4.69) is 6.92 Å². The van der Waals surface area contributed by atoms with Crippen LogP contribution in [0.1, 0.15) is 71.1 Å². The van der Waals surface area contributed by atoms with E-state index in [4.69, 9.17) is 0 Å². The summed E-state index contributed by atoms with van der Waals surface area (Å²) in [5.41, 5.74) is 0. The summed E-state index contributed by atoms with van der Waals surface area (Å²) in [6.07, 6.45) is 11.6. The zero-order chi connectivity index (χ0) is 18.3. The van der Waals surface area contributed by atoms with Gasteiger partial charge in [-0.25, -0.2) is 0 Å². The van der Waals surface area contributed by atoms with Crippen LogP contribution in [0.3, 0.4) is 0 Å². The first-order chi connectivity index (χ1) is 11.4. The molecule has 0 unspecified atom stereocenters. The van der Waals surface area contributed by atoms with Crippen molar-refractivity contribution in [2.45, 2.75) is 71.1 Å². The van der Waals surface area contributed by atoms with Crippen molar-refractivity contribution >= 4 is 7.94 Å². The molecule has 0 aromatic rings. The Morgan fingerprint density at radius 3 is 1.50 bits per heavy atom. The van der Waals surface area contributed by atoms with Gasteiger partial charge in [0.05, 0.1) is 19.8 Å². The Morgan fingerprint density at radius 2 is 1.12 bits per heavy atom. The number of rotatable bonds is 17. The minimum Gasteiger partial charge on any atom is -0.655 e. The zero-order valence-corrected chi connectivity index (χ0v) is 16.3. The quantitative estimate of drug-likeness (QED) is 0.203. The molecule has 0 aromatic heterocycles. The highest BCUT2D eigenvalue weighted by Crippen LogP contribution is 2.37. The number of hydrogen-bond donors (Lipinski definition) is 3. The highest BCUT2D eigenvalue weighted by molar-refractivity contribution is 7.55. The number of aliphatic hydroxyl groups excluding tert-OH is 2. The van der Waals surface area contributed by atoms with Gasteiger partial charge in [-0.1, -0.05) is 58.3 Å². The molecule has 0 atom stereocenters. The highest BCUT2D eigenvalue weighted by Gasteiger charge is 2.32. The molecule has 0 saturated carbocycles. The summed E-state index contributed by atoms with van der Waals surface area (Å²) >= 11 is 0. The summed E-state index contributed by atoms with van der Waals surface area (Å²) in [6.45, 7) is 2.95. The van der Waals surface area contributed by atoms with Crippen LogP contribution in [0.4, 0.5) is 0 Å². The van der Waals surface area contributed by atoms with E-state index in [-0.39, 0.29) is 30.8 Å². The molecule has 7 heteroatoms. The van der Waals surface area contributed by atoms with Crippen LogP contribution in [-0.4, -0.2) is 58.7 Å². The number of nitrogens with zero attached hydrogens (tertiary/aromatic N) is 1. The smallest absolute Gasteiger partial charge is 0.198 e. The van der Waals surface area contributed by atoms with E-state index in [0.717, 1.165) is 19.3 Å². The Hall–Kier alpha value is 0.190. The van der Waals surface area contributed by atoms with Gasteiger partial charge in [-0.15, -0.1) is 0 Å². The zero-order valence-electron chi connectivity index (χ0n) is 15.4. The Bertz CT molecular complexity index is 281. The number of hydrogen-bond acceptors (Lipinski definition) is 5. The van der Waals surface area contributed by atoms with Crippen molar-refractivity contribution < 1.29 is 29.4 Å². The molecule has 24 heavy (non-hydrogen) atoms. The van der Waals surface area contributed by atoms with Gasteiger partial charge in [-0.2, -0.15) is 0 Å². The topological polar surface area (TPSA) is 107 Å². The molecule has 0 aliphatic rings. The van der Waals surface area contributed by atoms with E-state index in [0.29, 0.717) is 6.54 Å². The van der Waals surface area contributed by atoms with Gasteiger partial charge in [0, 0.05) is 0 Å². The summed E-state index contributed by atoms with van der Waals surface area (Å²) in [7, 11) is -4.43. The second-order valence-corrected chi connectivity index (χ2v) is 8.48. The van der Waals surface area contributed by atoms with Crippen molar-refractivity contribution in [2.24, 2.45) is 0 Å². The van der Waals surface area contributed by atoms with Gasteiger partial charge in [-0.3, -0.25) is 9.38 Å². The van der Waals surface area contributed by atoms with E-state index < -0.39 is 14.2 Å². The molecule has 3 N–H and O–H groups in total. The molecular weight excluding hydrogens is 329 g/mol. The minimum atomic E-state index is -4.43. The molecule has 146 valence electrons. The van der Waals surface area contributed by atoms with E-state index >= 15 is 0 Å². The van der Waals surface area contributed by atoms with Gasteiger partial charge in [0.15, 0.2) is 6.29 Å². The summed E-state index contributed by atoms with van der Waals surface area (Å²) in [6, 6.07) is 0. The van der Waals surface area contributed by atoms with Gasteiger partial charge < -0.3 is 20.0 Å². The van der Waals surface area contributed by atoms with Crippen LogP contribution in [-0.2, 0) is 0 Å². The molecule has 0 heterocycles. The Balaban J connectivity index is 4.01. The molecule has 0 aliphatic heterocycles. The Morgan fingerprint density at radius 1 is 0.708 bits per heavy atom. The summed E-state index contributed by atoms with van der Waals surface area (Å²) in [5, 5.41) is 18.4. The third-order valence-corrected chi connectivity index (χ3v) is 5.57. The molecular formula is C17H38NO5P. The van der Waals surface area contributed by atoms with Crippen LogP contribution in [0, 0.1) is 0 Å². The highest BCUT2D eigenvalue weighted by atomic mass is 31.2. The molecule has 0 radical (unpaired) electrons. The second kappa shape index (κ2) is 14.4. The van der Waals surface area contributed by atoms with E-state index in [1.54, 1.807) is 0 Å². The van der Waals surface area contributed by atoms with E-state index in [1.165, 1.54) is 44.9 Å². The fourth-order valence-corrected chi connectivity index (χ4v) is 4.47. The third kappa shape index (κ3) is 13.5. The fourth-order valence-electron chi connectivity index (χ4n) is 3.29. The lowest BCUT2D eigenvalue weighted by Crippen LogP contribution is -2.55. The molecule has 0 aliphatic carbocycles. The first kappa shape index (κ1) is 24.2. The lowest BCUT2D eigenvalue weighted by molar-refractivity contribution is -0.921. The molecule has 0 rings (SSSR count). The SMILES string of the molecule is CCCCCCCCCCCC[N+](CCO)(CCO)C[P+]([O-])([O-])O. The maximum absolute atomic E-state index is 11.3. The van der Waals surface area contributed by atoms with Crippen LogP contribution in [0.2, 0.25) is 0 Å². The fraction of sp³-hybridized carbons (Fsp3) is 1.00. The standard InChI is InChI=1S/C17H38NO5P/c1-2-3-4-5-6-7-8-9-10-11-12-18(13-15-19,14-16-20)17-24(21,22)23/h19-20H,2-17H2,1H3,(H-,21,22,23). The molecule has 0 saturated heterocycles. The van der Waals surface area contributed by atoms with Crippen molar-refractivity contribution in [3.63, 3.8) is 0 Å². The lowest BCUT2D eigenvalue weighted by atomic mass is 10.1. The summed E-state index contributed by atoms with van der Waals surface area (Å²) in [4.78, 5) is 31.8. The Labute approximate surface area is 148 Å². The van der Waals surface area contributed by atoms with Crippen molar-refractivity contribution in [3.05, 3.63) is 0 Å². The molecule has 0 bridgehead atoms. The lowest BCUT2D eigenvalue weighted by Gasteiger charge is -2.42. The van der Waals surface area contributed by atoms with Crippen molar-refractivity contribution in [1.29, 1.82) is 0 Å². The second-order valence-electron chi connectivity index (χ2n) is 6.92. The molecule has 0 spiro atoms. The van der Waals surface area contributed by atoms with Gasteiger partial charge in [0.25, 0.3) is 0 Å². The monoisotopic (exact) mass is 367 g/mol. The number of aliphatic hydroxyl groups is 2. The average Bonchev–Trinajstić information content (AvgIpc) is 2.48. The molecule has 6 nitrogen and oxygen atoms in total. The first-order valence-electron chi connectivity index (χ1n) is 9.49. The van der Waals surface area contributed by atoms with E-state index in [9.17, 15) is 24.9 Å². The first-order valence-corrected chi connectivity index (χ1v) is 11.2. The number of unbranched alkanes of at least 4 members (excludes halogenated alkanes) is 9. The normalized spacial score (nSPS) is 12.8. The van der Waals surface area contributed by atoms with Crippen LogP contribution >= 0.6 is 7.94 Å². The minimum absolute atomic E-state index is 0.0430. The summed E-state index contributed by atoms with van der Waals surface area (Å²) in [5.74, 6) is 0. The van der Waals surface area contributed by atoms with Gasteiger partial charge in [0.2, 0.25) is 0 Å². The molecule has 0 fully saturated rings. The van der Waals surface area contributed by atoms with Crippen molar-refractivity contribution in [1.82, 2.24) is 0 Å². The van der Waals surface area contributed by atoms with Gasteiger partial charge in [-0.05, 0) is 12.8 Å². The largest absolute Gasteiger partial charge is 0.655 e. The van der Waals surface area contributed by atoms with Crippen LogP contribution in [0.5, 0.6) is 0 Å². The van der Waals surface area contributed by atoms with Gasteiger partial charge >= 0.3 is 0 Å².